The Hall–Kier alpha value is -2.82. The molecular formula is C25H18Cl2N2O2. The number of carbonyl (C=O) groups is 2. The van der Waals surface area contributed by atoms with Gasteiger partial charge in [0.15, 0.2) is 0 Å². The third-order valence-electron chi connectivity index (χ3n) is 6.90. The minimum absolute atomic E-state index is 0.0890. The lowest BCUT2D eigenvalue weighted by Gasteiger charge is -2.45. The van der Waals surface area contributed by atoms with Crippen molar-refractivity contribution in [3.63, 3.8) is 0 Å². The van der Waals surface area contributed by atoms with Crippen LogP contribution in [0.4, 0.5) is 5.69 Å². The zero-order valence-corrected chi connectivity index (χ0v) is 17.9. The highest BCUT2D eigenvalue weighted by atomic mass is 35.5. The third-order valence-corrected chi connectivity index (χ3v) is 7.64. The van der Waals surface area contributed by atoms with Crippen molar-refractivity contribution >= 4 is 40.7 Å². The highest BCUT2D eigenvalue weighted by Gasteiger charge is 2.61. The SMILES string of the molecule is O=C1[C@@H]2C3c4ccccc4C(c4ccccc43)[C@H]2C(=O)N1CNc1ccc(Cl)c(Cl)c1. The summed E-state index contributed by atoms with van der Waals surface area (Å²) in [7, 11) is 0. The Balaban J connectivity index is 1.38. The van der Waals surface area contributed by atoms with Gasteiger partial charge in [0.25, 0.3) is 0 Å². The Kier molecular flexibility index (Phi) is 4.17. The first kappa shape index (κ1) is 18.9. The van der Waals surface area contributed by atoms with E-state index in [1.54, 1.807) is 18.2 Å². The van der Waals surface area contributed by atoms with E-state index in [4.69, 9.17) is 23.2 Å². The summed E-state index contributed by atoms with van der Waals surface area (Å²) in [5.74, 6) is -1.12. The van der Waals surface area contributed by atoms with Crippen molar-refractivity contribution in [1.82, 2.24) is 4.90 Å². The van der Waals surface area contributed by atoms with Gasteiger partial charge < -0.3 is 5.32 Å². The molecule has 154 valence electrons. The summed E-state index contributed by atoms with van der Waals surface area (Å²) < 4.78 is 0. The Morgan fingerprint density at radius 3 is 1.65 bits per heavy atom. The molecule has 0 unspecified atom stereocenters. The quantitative estimate of drug-likeness (QED) is 0.556. The Labute approximate surface area is 189 Å². The second-order valence-electron chi connectivity index (χ2n) is 8.33. The number of halogens is 2. The zero-order chi connectivity index (χ0) is 21.3. The Bertz CT molecular complexity index is 1140. The molecule has 1 saturated heterocycles. The minimum Gasteiger partial charge on any atom is -0.367 e. The summed E-state index contributed by atoms with van der Waals surface area (Å²) in [5, 5.41) is 4.04. The molecule has 2 atom stereocenters. The molecule has 6 heteroatoms. The fourth-order valence-corrected chi connectivity index (χ4v) is 5.97. The van der Waals surface area contributed by atoms with E-state index >= 15 is 0 Å². The maximum absolute atomic E-state index is 13.5. The van der Waals surface area contributed by atoms with Crippen molar-refractivity contribution in [2.24, 2.45) is 11.8 Å². The largest absolute Gasteiger partial charge is 0.367 e. The topological polar surface area (TPSA) is 49.4 Å². The van der Waals surface area contributed by atoms with Crippen molar-refractivity contribution in [2.45, 2.75) is 11.8 Å². The van der Waals surface area contributed by atoms with Gasteiger partial charge in [-0.15, -0.1) is 0 Å². The monoisotopic (exact) mass is 448 g/mol. The highest BCUT2D eigenvalue weighted by molar-refractivity contribution is 6.42. The maximum Gasteiger partial charge on any atom is 0.235 e. The average molecular weight is 449 g/mol. The highest BCUT2D eigenvalue weighted by Crippen LogP contribution is 2.60. The van der Waals surface area contributed by atoms with E-state index in [2.05, 4.69) is 29.6 Å². The number of anilines is 1. The van der Waals surface area contributed by atoms with E-state index < -0.39 is 0 Å². The number of amides is 2. The van der Waals surface area contributed by atoms with Crippen LogP contribution in [0.25, 0.3) is 0 Å². The number of likely N-dealkylation sites (tertiary alicyclic amines) is 1. The van der Waals surface area contributed by atoms with Gasteiger partial charge >= 0.3 is 0 Å². The minimum atomic E-state index is -0.363. The van der Waals surface area contributed by atoms with Crippen molar-refractivity contribution in [3.05, 3.63) is 99.0 Å². The lowest BCUT2D eigenvalue weighted by atomic mass is 9.55. The standard InChI is InChI=1S/C25H18Cl2N2O2/c26-18-10-9-13(11-19(18)27)28-12-29-24(30)22-20-14-5-1-2-6-15(14)21(23(22)25(29)31)17-8-4-3-7-16(17)20/h1-11,20-23,28H,12H2/t20?,21?,22-,23-/m1/s1. The molecule has 1 aliphatic heterocycles. The van der Waals surface area contributed by atoms with Crippen LogP contribution in [-0.2, 0) is 9.59 Å². The number of hydrogen-bond acceptors (Lipinski definition) is 3. The van der Waals surface area contributed by atoms with Crippen molar-refractivity contribution in [1.29, 1.82) is 0 Å². The molecule has 4 nitrogen and oxygen atoms in total. The fourth-order valence-electron chi connectivity index (χ4n) is 5.67. The first-order chi connectivity index (χ1) is 15.1. The van der Waals surface area contributed by atoms with Gasteiger partial charge in [-0.25, -0.2) is 0 Å². The molecule has 2 bridgehead atoms. The van der Waals surface area contributed by atoms with Crippen LogP contribution in [0.3, 0.4) is 0 Å². The van der Waals surface area contributed by atoms with Crippen LogP contribution in [0.15, 0.2) is 66.7 Å². The summed E-state index contributed by atoms with van der Waals surface area (Å²) in [6.45, 7) is 0.106. The van der Waals surface area contributed by atoms with E-state index in [-0.39, 0.29) is 42.2 Å². The molecule has 0 spiro atoms. The number of hydrogen-bond donors (Lipinski definition) is 1. The number of benzene rings is 3. The lowest BCUT2D eigenvalue weighted by molar-refractivity contribution is -0.139. The second kappa shape index (κ2) is 6.84. The molecule has 1 fully saturated rings. The maximum atomic E-state index is 13.5. The summed E-state index contributed by atoms with van der Waals surface area (Å²) in [6.07, 6.45) is 0. The Morgan fingerprint density at radius 2 is 1.19 bits per heavy atom. The van der Waals surface area contributed by atoms with Gasteiger partial charge in [-0.2, -0.15) is 0 Å². The van der Waals surface area contributed by atoms with Gasteiger partial charge in [-0.3, -0.25) is 14.5 Å². The first-order valence-corrected chi connectivity index (χ1v) is 11.0. The van der Waals surface area contributed by atoms with Crippen LogP contribution < -0.4 is 5.32 Å². The fraction of sp³-hybridized carbons (Fsp3) is 0.200. The van der Waals surface area contributed by atoms with Crippen molar-refractivity contribution < 1.29 is 9.59 Å². The number of nitrogens with one attached hydrogen (secondary N) is 1. The van der Waals surface area contributed by atoms with Crippen LogP contribution in [-0.4, -0.2) is 23.4 Å². The van der Waals surface area contributed by atoms with E-state index in [1.807, 2.05) is 24.3 Å². The van der Waals surface area contributed by atoms with Crippen molar-refractivity contribution in [3.8, 4) is 0 Å². The smallest absolute Gasteiger partial charge is 0.235 e. The summed E-state index contributed by atoms with van der Waals surface area (Å²) in [4.78, 5) is 28.4. The summed E-state index contributed by atoms with van der Waals surface area (Å²) in [5.41, 5.74) is 5.40. The van der Waals surface area contributed by atoms with Gasteiger partial charge in [0.05, 0.1) is 28.5 Å². The van der Waals surface area contributed by atoms with Crippen molar-refractivity contribution in [2.75, 3.05) is 12.0 Å². The molecule has 0 saturated carbocycles. The molecule has 3 aromatic carbocycles. The van der Waals surface area contributed by atoms with Crippen LogP contribution in [0.1, 0.15) is 34.1 Å². The molecule has 4 aliphatic rings. The molecule has 1 N–H and O–H groups in total. The number of nitrogens with zero attached hydrogens (tertiary/aromatic N) is 1. The van der Waals surface area contributed by atoms with Gasteiger partial charge in [0, 0.05) is 17.5 Å². The van der Waals surface area contributed by atoms with Gasteiger partial charge in [0.1, 0.15) is 0 Å². The molecule has 1 heterocycles. The Morgan fingerprint density at radius 1 is 0.710 bits per heavy atom. The first-order valence-electron chi connectivity index (χ1n) is 10.3. The van der Waals surface area contributed by atoms with Crippen LogP contribution >= 0.6 is 23.2 Å². The molecule has 0 radical (unpaired) electrons. The predicted octanol–water partition coefficient (Wildman–Crippen LogP) is 5.26. The van der Waals surface area contributed by atoms with Gasteiger partial charge in [0.2, 0.25) is 11.8 Å². The molecule has 7 rings (SSSR count). The zero-order valence-electron chi connectivity index (χ0n) is 16.4. The predicted molar refractivity (Wildman–Crippen MR) is 120 cm³/mol. The molecule has 31 heavy (non-hydrogen) atoms. The van der Waals surface area contributed by atoms with E-state index in [9.17, 15) is 9.59 Å². The van der Waals surface area contributed by atoms with Gasteiger partial charge in [-0.05, 0) is 40.5 Å². The molecular weight excluding hydrogens is 431 g/mol. The molecule has 3 aliphatic carbocycles. The third kappa shape index (κ3) is 2.61. The van der Waals surface area contributed by atoms with Gasteiger partial charge in [-0.1, -0.05) is 71.7 Å². The number of rotatable bonds is 3. The van der Waals surface area contributed by atoms with Crippen LogP contribution in [0.5, 0.6) is 0 Å². The van der Waals surface area contributed by atoms with Crippen LogP contribution in [0.2, 0.25) is 10.0 Å². The lowest BCUT2D eigenvalue weighted by Crippen LogP contribution is -2.41. The van der Waals surface area contributed by atoms with E-state index in [0.29, 0.717) is 15.7 Å². The second-order valence-corrected chi connectivity index (χ2v) is 9.15. The molecule has 3 aromatic rings. The van der Waals surface area contributed by atoms with E-state index in [1.165, 1.54) is 27.2 Å². The average Bonchev–Trinajstić information content (AvgIpc) is 3.05. The molecule has 0 aromatic heterocycles. The summed E-state index contributed by atoms with van der Waals surface area (Å²) >= 11 is 12.1. The number of carbonyl (C=O) groups excluding carboxylic acids is 2. The van der Waals surface area contributed by atoms with E-state index in [0.717, 1.165) is 0 Å². The summed E-state index contributed by atoms with van der Waals surface area (Å²) in [6, 6.07) is 21.6. The normalized spacial score (nSPS) is 25.3. The van der Waals surface area contributed by atoms with Crippen LogP contribution in [0, 0.1) is 11.8 Å². The molecule has 2 amide bonds. The number of imide groups is 1.